The van der Waals surface area contributed by atoms with Gasteiger partial charge in [-0.05, 0) is 18.2 Å². The van der Waals surface area contributed by atoms with Crippen molar-refractivity contribution in [2.24, 2.45) is 6.98 Å². The van der Waals surface area contributed by atoms with Crippen molar-refractivity contribution in [2.75, 3.05) is 0 Å². The van der Waals surface area contributed by atoms with Crippen LogP contribution in [0.3, 0.4) is 0 Å². The summed E-state index contributed by atoms with van der Waals surface area (Å²) in [6.07, 6.45) is 5.30. The predicted octanol–water partition coefficient (Wildman–Crippen LogP) is 1.54. The first-order chi connectivity index (χ1) is 11.1. The van der Waals surface area contributed by atoms with Gasteiger partial charge in [0.05, 0.1) is 0 Å². The molecule has 0 amide bonds. The molecule has 0 atom stereocenters. The Kier molecular flexibility index (Phi) is 1.27. The third-order valence-corrected chi connectivity index (χ3v) is 3.88. The number of hydrogen-bond donors (Lipinski definition) is 0. The second-order valence-corrected chi connectivity index (χ2v) is 4.97. The first kappa shape index (κ1) is 7.79. The molecule has 5 rings (SSSR count). The van der Waals surface area contributed by atoms with E-state index in [2.05, 4.69) is 9.97 Å². The van der Waals surface area contributed by atoms with Gasteiger partial charge in [-0.1, -0.05) is 6.07 Å². The Balaban J connectivity index is 2.00. The van der Waals surface area contributed by atoms with Gasteiger partial charge in [0.1, 0.15) is 12.1 Å². The van der Waals surface area contributed by atoms with E-state index in [9.17, 15) is 0 Å². The van der Waals surface area contributed by atoms with Gasteiger partial charge in [-0.25, -0.2) is 14.5 Å². The SMILES string of the molecule is [2H]C([2H])([2H])n1c2cccnc2n2c3[n+](cc12)Cc1cccnc1-3. The van der Waals surface area contributed by atoms with Crippen molar-refractivity contribution in [3.8, 4) is 11.5 Å². The summed E-state index contributed by atoms with van der Waals surface area (Å²) in [6.45, 7) is -1.58. The second kappa shape index (κ2) is 3.25. The normalized spacial score (nSPS) is 15.9. The van der Waals surface area contributed by atoms with Gasteiger partial charge in [-0.2, -0.15) is 4.40 Å². The highest BCUT2D eigenvalue weighted by atomic mass is 15.2. The Bertz CT molecular complexity index is 1090. The summed E-state index contributed by atoms with van der Waals surface area (Å²) in [5, 5.41) is 0. The summed E-state index contributed by atoms with van der Waals surface area (Å²) in [7, 11) is 0. The molecule has 1 aliphatic heterocycles. The Labute approximate surface area is 119 Å². The molecule has 0 bridgehead atoms. The van der Waals surface area contributed by atoms with E-state index in [1.54, 1.807) is 24.5 Å². The van der Waals surface area contributed by atoms with E-state index in [0.717, 1.165) is 17.1 Å². The standard InChI is InChI=1S/C15H12N5/c1-18-11-5-3-7-17-14(11)20-12(18)9-19-8-10-4-2-6-16-13(10)15(19)20/h2-7,9H,8H2,1H3/q+1/i1D3. The maximum absolute atomic E-state index is 7.88. The Morgan fingerprint density at radius 2 is 2.15 bits per heavy atom. The van der Waals surface area contributed by atoms with Crippen molar-refractivity contribution in [1.29, 1.82) is 0 Å². The maximum atomic E-state index is 7.88. The monoisotopic (exact) mass is 265 g/mol. The fourth-order valence-electron chi connectivity index (χ4n) is 3.03. The molecule has 20 heavy (non-hydrogen) atoms. The first-order valence-corrected chi connectivity index (χ1v) is 6.41. The van der Waals surface area contributed by atoms with Crippen LogP contribution in [0.15, 0.2) is 42.9 Å². The zero-order chi connectivity index (χ0) is 15.8. The number of aromatic nitrogens is 5. The maximum Gasteiger partial charge on any atom is 0.316 e. The molecule has 0 unspecified atom stereocenters. The minimum atomic E-state index is -2.27. The van der Waals surface area contributed by atoms with Crippen molar-refractivity contribution >= 4 is 16.8 Å². The molecule has 0 radical (unpaired) electrons. The van der Waals surface area contributed by atoms with Crippen LogP contribution in [0.1, 0.15) is 9.68 Å². The van der Waals surface area contributed by atoms with E-state index in [1.807, 2.05) is 27.3 Å². The number of imidazole rings is 2. The molecule has 0 saturated carbocycles. The molecule has 0 fully saturated rings. The van der Waals surface area contributed by atoms with Gasteiger partial charge in [0, 0.05) is 29.0 Å². The second-order valence-electron chi connectivity index (χ2n) is 4.97. The third kappa shape index (κ3) is 1.02. The van der Waals surface area contributed by atoms with Crippen LogP contribution in [0.5, 0.6) is 0 Å². The summed E-state index contributed by atoms with van der Waals surface area (Å²) in [4.78, 5) is 8.90. The van der Waals surface area contributed by atoms with Crippen LogP contribution in [0.25, 0.3) is 28.3 Å². The molecule has 5 heterocycles. The van der Waals surface area contributed by atoms with Gasteiger partial charge in [0.15, 0.2) is 11.9 Å². The molecule has 4 aromatic heterocycles. The Morgan fingerprint density at radius 3 is 3.10 bits per heavy atom. The number of rotatable bonds is 0. The van der Waals surface area contributed by atoms with E-state index >= 15 is 0 Å². The highest BCUT2D eigenvalue weighted by Crippen LogP contribution is 2.29. The summed E-state index contributed by atoms with van der Waals surface area (Å²) in [5.74, 6) is 0.877. The average Bonchev–Trinajstić information content (AvgIpc) is 3.11. The van der Waals surface area contributed by atoms with E-state index in [-0.39, 0.29) is 0 Å². The summed E-state index contributed by atoms with van der Waals surface area (Å²) in [6, 6.07) is 7.49. The molecule has 0 spiro atoms. The van der Waals surface area contributed by atoms with Crippen LogP contribution in [-0.2, 0) is 13.5 Å². The van der Waals surface area contributed by atoms with Crippen LogP contribution in [0, 0.1) is 0 Å². The number of hydrogen-bond acceptors (Lipinski definition) is 2. The van der Waals surface area contributed by atoms with Crippen LogP contribution in [0.4, 0.5) is 0 Å². The van der Waals surface area contributed by atoms with Gasteiger partial charge < -0.3 is 4.57 Å². The Hall–Kier alpha value is -2.69. The number of pyridine rings is 2. The molecule has 0 aliphatic carbocycles. The molecule has 0 aromatic carbocycles. The Morgan fingerprint density at radius 1 is 1.25 bits per heavy atom. The zero-order valence-corrected chi connectivity index (χ0v) is 10.5. The molecule has 5 nitrogen and oxygen atoms in total. The van der Waals surface area contributed by atoms with Gasteiger partial charge >= 0.3 is 5.82 Å². The van der Waals surface area contributed by atoms with Crippen LogP contribution < -0.4 is 4.57 Å². The summed E-state index contributed by atoms with van der Waals surface area (Å²) >= 11 is 0. The molecule has 5 heteroatoms. The summed E-state index contributed by atoms with van der Waals surface area (Å²) in [5.41, 5.74) is 3.83. The lowest BCUT2D eigenvalue weighted by Crippen LogP contribution is -2.29. The molecule has 0 N–H and O–H groups in total. The highest BCUT2D eigenvalue weighted by Gasteiger charge is 2.34. The largest absolute Gasteiger partial charge is 0.316 e. The minimum absolute atomic E-state index is 0.593. The topological polar surface area (TPSA) is 39.0 Å². The van der Waals surface area contributed by atoms with Crippen molar-refractivity contribution < 1.29 is 8.68 Å². The van der Waals surface area contributed by atoms with Gasteiger partial charge in [0.25, 0.3) is 5.65 Å². The number of nitrogens with zero attached hydrogens (tertiary/aromatic N) is 5. The van der Waals surface area contributed by atoms with E-state index < -0.39 is 6.98 Å². The van der Waals surface area contributed by atoms with Gasteiger partial charge in [-0.3, -0.25) is 0 Å². The fourth-order valence-corrected chi connectivity index (χ4v) is 3.03. The van der Waals surface area contributed by atoms with E-state index in [0.29, 0.717) is 23.4 Å². The molecule has 1 aliphatic rings. The van der Waals surface area contributed by atoms with Crippen molar-refractivity contribution in [1.82, 2.24) is 18.9 Å². The smallest absolute Gasteiger partial charge is 0.303 e. The first-order valence-electron chi connectivity index (χ1n) is 7.91. The lowest BCUT2D eigenvalue weighted by molar-refractivity contribution is -0.670. The number of fused-ring (bicyclic) bond motifs is 7. The van der Waals surface area contributed by atoms with E-state index in [4.69, 9.17) is 4.11 Å². The lowest BCUT2D eigenvalue weighted by atomic mass is 10.2. The fraction of sp³-hybridized carbons (Fsp3) is 0.133. The minimum Gasteiger partial charge on any atom is -0.303 e. The molecule has 0 saturated heterocycles. The van der Waals surface area contributed by atoms with Gasteiger partial charge in [-0.15, -0.1) is 0 Å². The quantitative estimate of drug-likeness (QED) is 0.398. The van der Waals surface area contributed by atoms with Crippen LogP contribution in [0.2, 0.25) is 0 Å². The highest BCUT2D eigenvalue weighted by molar-refractivity contribution is 5.80. The van der Waals surface area contributed by atoms with E-state index in [1.165, 1.54) is 4.57 Å². The van der Waals surface area contributed by atoms with Crippen molar-refractivity contribution in [2.45, 2.75) is 6.54 Å². The third-order valence-electron chi connectivity index (χ3n) is 3.88. The lowest BCUT2D eigenvalue weighted by Gasteiger charge is -1.91. The molecule has 96 valence electrons. The number of aryl methyl sites for hydroxylation is 1. The average molecular weight is 265 g/mol. The molecular formula is C15H12N5+. The molecular weight excluding hydrogens is 250 g/mol. The predicted molar refractivity (Wildman–Crippen MR) is 74.2 cm³/mol. The van der Waals surface area contributed by atoms with Gasteiger partial charge in [0.2, 0.25) is 5.65 Å². The van der Waals surface area contributed by atoms with Crippen molar-refractivity contribution in [3.05, 3.63) is 48.4 Å². The summed E-state index contributed by atoms with van der Waals surface area (Å²) < 4.78 is 28.9. The van der Waals surface area contributed by atoms with Crippen molar-refractivity contribution in [3.63, 3.8) is 0 Å². The van der Waals surface area contributed by atoms with Crippen LogP contribution in [-0.4, -0.2) is 18.9 Å². The molecule has 4 aromatic rings. The zero-order valence-electron chi connectivity index (χ0n) is 13.5. The van der Waals surface area contributed by atoms with Crippen LogP contribution >= 0.6 is 0 Å².